The van der Waals surface area contributed by atoms with E-state index in [9.17, 15) is 4.79 Å². The molecular weight excluding hydrogens is 240 g/mol. The normalized spacial score (nSPS) is 26.9. The predicted molar refractivity (Wildman–Crippen MR) is 61.7 cm³/mol. The Labute approximate surface area is 94.8 Å². The molecule has 0 saturated heterocycles. The zero-order valence-corrected chi connectivity index (χ0v) is 10.3. The molecule has 0 N–H and O–H groups in total. The number of hydrogen-bond acceptors (Lipinski definition) is 1. The van der Waals surface area contributed by atoms with Gasteiger partial charge in [-0.2, -0.15) is 0 Å². The van der Waals surface area contributed by atoms with Crippen molar-refractivity contribution in [3.63, 3.8) is 0 Å². The molecule has 0 unspecified atom stereocenters. The fourth-order valence-electron chi connectivity index (χ4n) is 3.29. The molecular formula is C12H19BrO. The van der Waals surface area contributed by atoms with Crippen molar-refractivity contribution in [1.82, 2.24) is 0 Å². The van der Waals surface area contributed by atoms with Crippen molar-refractivity contribution in [2.75, 3.05) is 5.33 Å². The zero-order valence-electron chi connectivity index (χ0n) is 8.73. The molecule has 0 aromatic rings. The lowest BCUT2D eigenvalue weighted by Gasteiger charge is -2.36. The van der Waals surface area contributed by atoms with Gasteiger partial charge in [-0.05, 0) is 43.9 Å². The first kappa shape index (κ1) is 10.7. The van der Waals surface area contributed by atoms with E-state index in [1.807, 2.05) is 0 Å². The molecule has 1 spiro atoms. The van der Waals surface area contributed by atoms with E-state index in [0.29, 0.717) is 22.4 Å². The van der Waals surface area contributed by atoms with Gasteiger partial charge >= 0.3 is 0 Å². The molecule has 1 nitrogen and oxygen atoms in total. The van der Waals surface area contributed by atoms with Gasteiger partial charge in [0.1, 0.15) is 5.78 Å². The molecule has 2 rings (SSSR count). The van der Waals surface area contributed by atoms with Crippen LogP contribution in [0.1, 0.15) is 51.4 Å². The maximum atomic E-state index is 11.5. The SMILES string of the molecule is O=C(CBr)C1CCC2(CCCC2)CC1. The van der Waals surface area contributed by atoms with Gasteiger partial charge in [-0.1, -0.05) is 28.8 Å². The first-order valence-electron chi connectivity index (χ1n) is 5.84. The number of rotatable bonds is 2. The van der Waals surface area contributed by atoms with Crippen LogP contribution in [-0.2, 0) is 4.79 Å². The summed E-state index contributed by atoms with van der Waals surface area (Å²) >= 11 is 3.28. The zero-order chi connectivity index (χ0) is 10.0. The third-order valence-electron chi connectivity index (χ3n) is 4.30. The van der Waals surface area contributed by atoms with Crippen LogP contribution in [0.4, 0.5) is 0 Å². The number of hydrogen-bond donors (Lipinski definition) is 0. The Morgan fingerprint density at radius 1 is 1.14 bits per heavy atom. The summed E-state index contributed by atoms with van der Waals surface area (Å²) in [6.45, 7) is 0. The highest BCUT2D eigenvalue weighted by molar-refractivity contribution is 9.09. The summed E-state index contributed by atoms with van der Waals surface area (Å²) in [4.78, 5) is 11.5. The average Bonchev–Trinajstić information content (AvgIpc) is 2.67. The lowest BCUT2D eigenvalue weighted by molar-refractivity contribution is -0.121. The molecule has 2 fully saturated rings. The summed E-state index contributed by atoms with van der Waals surface area (Å²) in [6, 6.07) is 0. The largest absolute Gasteiger partial charge is 0.298 e. The van der Waals surface area contributed by atoms with Crippen LogP contribution in [0.25, 0.3) is 0 Å². The molecule has 0 aromatic carbocycles. The van der Waals surface area contributed by atoms with Gasteiger partial charge < -0.3 is 0 Å². The first-order valence-corrected chi connectivity index (χ1v) is 6.97. The van der Waals surface area contributed by atoms with Crippen LogP contribution in [0, 0.1) is 11.3 Å². The Morgan fingerprint density at radius 3 is 2.21 bits per heavy atom. The van der Waals surface area contributed by atoms with Crippen LogP contribution in [0.2, 0.25) is 0 Å². The summed E-state index contributed by atoms with van der Waals surface area (Å²) in [7, 11) is 0. The molecule has 2 saturated carbocycles. The highest BCUT2D eigenvalue weighted by Crippen LogP contribution is 2.50. The molecule has 0 aromatic heterocycles. The van der Waals surface area contributed by atoms with Crippen LogP contribution in [-0.4, -0.2) is 11.1 Å². The van der Waals surface area contributed by atoms with E-state index in [0.717, 1.165) is 12.8 Å². The lowest BCUT2D eigenvalue weighted by atomic mass is 9.69. The van der Waals surface area contributed by atoms with Crippen LogP contribution in [0.5, 0.6) is 0 Å². The quantitative estimate of drug-likeness (QED) is 0.691. The van der Waals surface area contributed by atoms with Gasteiger partial charge in [-0.3, -0.25) is 4.79 Å². The number of halogens is 1. The molecule has 0 atom stereocenters. The summed E-state index contributed by atoms with van der Waals surface area (Å²) < 4.78 is 0. The van der Waals surface area contributed by atoms with Crippen molar-refractivity contribution in [1.29, 1.82) is 0 Å². The van der Waals surface area contributed by atoms with Gasteiger partial charge in [0.25, 0.3) is 0 Å². The molecule has 0 amide bonds. The van der Waals surface area contributed by atoms with Crippen LogP contribution >= 0.6 is 15.9 Å². The van der Waals surface area contributed by atoms with E-state index >= 15 is 0 Å². The summed E-state index contributed by atoms with van der Waals surface area (Å²) in [5.74, 6) is 0.804. The number of carbonyl (C=O) groups is 1. The predicted octanol–water partition coefficient (Wildman–Crippen LogP) is 3.70. The van der Waals surface area contributed by atoms with Crippen LogP contribution in [0.3, 0.4) is 0 Å². The monoisotopic (exact) mass is 258 g/mol. The van der Waals surface area contributed by atoms with Crippen molar-refractivity contribution < 1.29 is 4.79 Å². The van der Waals surface area contributed by atoms with Gasteiger partial charge in [0, 0.05) is 5.92 Å². The molecule has 0 heterocycles. The molecule has 14 heavy (non-hydrogen) atoms. The van der Waals surface area contributed by atoms with E-state index in [-0.39, 0.29) is 0 Å². The van der Waals surface area contributed by atoms with E-state index < -0.39 is 0 Å². The minimum atomic E-state index is 0.376. The van der Waals surface area contributed by atoms with Crippen molar-refractivity contribution in [3.05, 3.63) is 0 Å². The van der Waals surface area contributed by atoms with Crippen molar-refractivity contribution >= 4 is 21.7 Å². The van der Waals surface area contributed by atoms with Crippen molar-refractivity contribution in [3.8, 4) is 0 Å². The molecule has 80 valence electrons. The highest BCUT2D eigenvalue weighted by Gasteiger charge is 2.38. The molecule has 0 aliphatic heterocycles. The van der Waals surface area contributed by atoms with Crippen molar-refractivity contribution in [2.45, 2.75) is 51.4 Å². The van der Waals surface area contributed by atoms with Gasteiger partial charge in [-0.25, -0.2) is 0 Å². The smallest absolute Gasteiger partial charge is 0.146 e. The maximum absolute atomic E-state index is 11.5. The number of alkyl halides is 1. The Bertz CT molecular complexity index is 208. The number of ketones is 1. The standard InChI is InChI=1S/C12H19BrO/c13-9-11(14)10-3-7-12(8-4-10)5-1-2-6-12/h10H,1-9H2. The first-order chi connectivity index (χ1) is 6.76. The molecule has 2 heteroatoms. The van der Waals surface area contributed by atoms with Crippen LogP contribution in [0.15, 0.2) is 0 Å². The maximum Gasteiger partial charge on any atom is 0.146 e. The second-order valence-corrected chi connectivity index (χ2v) is 5.64. The Hall–Kier alpha value is 0.150. The van der Waals surface area contributed by atoms with Gasteiger partial charge in [0.15, 0.2) is 0 Å². The van der Waals surface area contributed by atoms with Crippen molar-refractivity contribution in [2.24, 2.45) is 11.3 Å². The third-order valence-corrected chi connectivity index (χ3v) is 4.85. The second-order valence-electron chi connectivity index (χ2n) is 5.08. The molecule has 0 radical (unpaired) electrons. The number of Topliss-reactive ketones (excluding diaryl/α,β-unsaturated/α-hetero) is 1. The second kappa shape index (κ2) is 4.34. The van der Waals surface area contributed by atoms with E-state index in [2.05, 4.69) is 15.9 Å². The van der Waals surface area contributed by atoms with Crippen LogP contribution < -0.4 is 0 Å². The van der Waals surface area contributed by atoms with Gasteiger partial charge in [0.2, 0.25) is 0 Å². The Balaban J connectivity index is 1.88. The van der Waals surface area contributed by atoms with Gasteiger partial charge in [0.05, 0.1) is 5.33 Å². The number of carbonyl (C=O) groups excluding carboxylic acids is 1. The Morgan fingerprint density at radius 2 is 1.71 bits per heavy atom. The summed E-state index contributed by atoms with van der Waals surface area (Å²) in [5.41, 5.74) is 0.670. The minimum absolute atomic E-state index is 0.376. The summed E-state index contributed by atoms with van der Waals surface area (Å²) in [6.07, 6.45) is 10.7. The molecule has 2 aliphatic rings. The Kier molecular flexibility index (Phi) is 3.30. The fraction of sp³-hybridized carbons (Fsp3) is 0.917. The minimum Gasteiger partial charge on any atom is -0.298 e. The molecule has 0 bridgehead atoms. The topological polar surface area (TPSA) is 17.1 Å². The van der Waals surface area contributed by atoms with E-state index in [4.69, 9.17) is 0 Å². The van der Waals surface area contributed by atoms with Gasteiger partial charge in [-0.15, -0.1) is 0 Å². The lowest BCUT2D eigenvalue weighted by Crippen LogP contribution is -2.28. The van der Waals surface area contributed by atoms with E-state index in [1.165, 1.54) is 38.5 Å². The molecule has 2 aliphatic carbocycles. The third kappa shape index (κ3) is 2.05. The average molecular weight is 259 g/mol. The summed E-state index contributed by atoms with van der Waals surface area (Å²) in [5, 5.41) is 0.560. The van der Waals surface area contributed by atoms with E-state index in [1.54, 1.807) is 0 Å². The fourth-order valence-corrected chi connectivity index (χ4v) is 3.74. The highest BCUT2D eigenvalue weighted by atomic mass is 79.9.